The molecule has 0 spiro atoms. The van der Waals surface area contributed by atoms with E-state index in [1.807, 2.05) is 45.0 Å². The summed E-state index contributed by atoms with van der Waals surface area (Å²) in [5.41, 5.74) is 1.96. The van der Waals surface area contributed by atoms with E-state index in [4.69, 9.17) is 9.47 Å². The Morgan fingerprint density at radius 3 is 2.11 bits per heavy atom. The van der Waals surface area contributed by atoms with Crippen molar-refractivity contribution in [3.05, 3.63) is 59.8 Å². The van der Waals surface area contributed by atoms with E-state index in [-0.39, 0.29) is 23.6 Å². The summed E-state index contributed by atoms with van der Waals surface area (Å²) in [5.74, 6) is 0.757. The second kappa shape index (κ2) is 8.17. The van der Waals surface area contributed by atoms with Gasteiger partial charge in [0.1, 0.15) is 17.2 Å². The van der Waals surface area contributed by atoms with Gasteiger partial charge in [-0.3, -0.25) is 14.5 Å². The minimum absolute atomic E-state index is 0.0791. The highest BCUT2D eigenvalue weighted by molar-refractivity contribution is 6.36. The Morgan fingerprint density at radius 1 is 0.929 bits per heavy atom. The van der Waals surface area contributed by atoms with Crippen molar-refractivity contribution in [3.8, 4) is 11.5 Å². The highest BCUT2D eigenvalue weighted by atomic mass is 16.5. The molecule has 2 amide bonds. The van der Waals surface area contributed by atoms with E-state index in [9.17, 15) is 9.59 Å². The summed E-state index contributed by atoms with van der Waals surface area (Å²) in [6, 6.07) is 14.4. The molecule has 0 atom stereocenters. The van der Waals surface area contributed by atoms with Crippen molar-refractivity contribution < 1.29 is 19.1 Å². The van der Waals surface area contributed by atoms with Gasteiger partial charge in [-0.15, -0.1) is 0 Å². The molecule has 146 valence electrons. The minimum atomic E-state index is -0.364. The molecule has 0 saturated carbocycles. The first-order valence-electron chi connectivity index (χ1n) is 9.24. The van der Waals surface area contributed by atoms with E-state index in [1.165, 1.54) is 7.05 Å². The van der Waals surface area contributed by atoms with Gasteiger partial charge in [-0.25, -0.2) is 0 Å². The summed E-state index contributed by atoms with van der Waals surface area (Å²) < 4.78 is 11.1. The summed E-state index contributed by atoms with van der Waals surface area (Å²) in [6.07, 6.45) is 0.0791. The van der Waals surface area contributed by atoms with Gasteiger partial charge < -0.3 is 14.8 Å². The zero-order valence-corrected chi connectivity index (χ0v) is 16.5. The highest BCUT2D eigenvalue weighted by Crippen LogP contribution is 2.31. The third-order valence-corrected chi connectivity index (χ3v) is 4.24. The van der Waals surface area contributed by atoms with Crippen LogP contribution in [0.3, 0.4) is 0 Å². The Hall–Kier alpha value is -3.28. The fourth-order valence-electron chi connectivity index (χ4n) is 2.94. The number of amides is 2. The number of hydrogen-bond acceptors (Lipinski definition) is 5. The molecule has 28 heavy (non-hydrogen) atoms. The lowest BCUT2D eigenvalue weighted by molar-refractivity contribution is -0.135. The van der Waals surface area contributed by atoms with E-state index in [0.29, 0.717) is 29.2 Å². The smallest absolute Gasteiger partial charge is 0.277 e. The monoisotopic (exact) mass is 380 g/mol. The lowest BCUT2D eigenvalue weighted by Crippen LogP contribution is -2.27. The average Bonchev–Trinajstić information content (AvgIpc) is 2.88. The Labute approximate surface area is 164 Å². The molecule has 1 aliphatic rings. The van der Waals surface area contributed by atoms with Crippen LogP contribution < -0.4 is 14.8 Å². The second-order valence-corrected chi connectivity index (χ2v) is 6.69. The molecule has 1 heterocycles. The minimum Gasteiger partial charge on any atom is -0.494 e. The van der Waals surface area contributed by atoms with Crippen LogP contribution >= 0.6 is 0 Å². The molecule has 0 radical (unpaired) electrons. The van der Waals surface area contributed by atoms with Gasteiger partial charge in [-0.2, -0.15) is 0 Å². The molecule has 1 aliphatic heterocycles. The van der Waals surface area contributed by atoms with Crippen molar-refractivity contribution >= 4 is 23.1 Å². The normalized spacial score (nSPS) is 14.1. The first-order valence-corrected chi connectivity index (χ1v) is 9.24. The first-order chi connectivity index (χ1) is 13.4. The van der Waals surface area contributed by atoms with Gasteiger partial charge in [-0.1, -0.05) is 12.1 Å². The predicted molar refractivity (Wildman–Crippen MR) is 108 cm³/mol. The van der Waals surface area contributed by atoms with E-state index >= 15 is 0 Å². The number of benzene rings is 2. The molecular formula is C22H24N2O4. The number of likely N-dealkylation sites (N-methyl/N-ethyl adjacent to an activating group) is 1. The zero-order valence-electron chi connectivity index (χ0n) is 16.5. The Bertz CT molecular complexity index is 899. The van der Waals surface area contributed by atoms with E-state index in [1.54, 1.807) is 24.3 Å². The van der Waals surface area contributed by atoms with Crippen molar-refractivity contribution in [2.24, 2.45) is 0 Å². The highest BCUT2D eigenvalue weighted by Gasteiger charge is 2.36. The van der Waals surface area contributed by atoms with Gasteiger partial charge in [-0.05, 0) is 62.7 Å². The predicted octanol–water partition coefficient (Wildman–Crippen LogP) is 3.69. The van der Waals surface area contributed by atoms with Crippen molar-refractivity contribution in [1.82, 2.24) is 4.90 Å². The summed E-state index contributed by atoms with van der Waals surface area (Å²) in [7, 11) is 1.48. The third-order valence-electron chi connectivity index (χ3n) is 4.24. The number of nitrogens with zero attached hydrogens (tertiary/aromatic N) is 1. The fourth-order valence-corrected chi connectivity index (χ4v) is 2.94. The van der Waals surface area contributed by atoms with Crippen LogP contribution in [0.4, 0.5) is 5.69 Å². The summed E-state index contributed by atoms with van der Waals surface area (Å²) in [4.78, 5) is 26.4. The number of hydrogen-bond donors (Lipinski definition) is 1. The molecule has 0 aromatic heterocycles. The van der Waals surface area contributed by atoms with Crippen LogP contribution in [0.1, 0.15) is 26.3 Å². The largest absolute Gasteiger partial charge is 0.494 e. The van der Waals surface area contributed by atoms with Crippen molar-refractivity contribution in [3.63, 3.8) is 0 Å². The maximum Gasteiger partial charge on any atom is 0.277 e. The molecule has 0 aliphatic carbocycles. The van der Waals surface area contributed by atoms with Crippen LogP contribution in [-0.4, -0.2) is 36.5 Å². The number of carbonyl (C=O) groups is 2. The molecule has 6 nitrogen and oxygen atoms in total. The third kappa shape index (κ3) is 4.01. The van der Waals surface area contributed by atoms with Gasteiger partial charge in [0.25, 0.3) is 11.8 Å². The van der Waals surface area contributed by atoms with Crippen LogP contribution in [0.2, 0.25) is 0 Å². The fraction of sp³-hybridized carbons (Fsp3) is 0.273. The van der Waals surface area contributed by atoms with Gasteiger partial charge in [0.15, 0.2) is 0 Å². The molecule has 2 aromatic carbocycles. The average molecular weight is 380 g/mol. The molecule has 3 rings (SSSR count). The number of rotatable bonds is 7. The summed E-state index contributed by atoms with van der Waals surface area (Å²) in [5, 5.41) is 3.10. The Balaban J connectivity index is 1.92. The van der Waals surface area contributed by atoms with E-state index in [2.05, 4.69) is 5.32 Å². The van der Waals surface area contributed by atoms with E-state index < -0.39 is 0 Å². The van der Waals surface area contributed by atoms with Crippen molar-refractivity contribution in [1.29, 1.82) is 0 Å². The number of ether oxygens (including phenoxy) is 2. The number of nitrogens with one attached hydrogen (secondary N) is 1. The second-order valence-electron chi connectivity index (χ2n) is 6.69. The van der Waals surface area contributed by atoms with Crippen LogP contribution in [-0.2, 0) is 9.59 Å². The molecule has 0 saturated heterocycles. The molecule has 1 N–H and O–H groups in total. The molecule has 0 fully saturated rings. The quantitative estimate of drug-likeness (QED) is 0.742. The van der Waals surface area contributed by atoms with Crippen LogP contribution in [0.15, 0.2) is 54.2 Å². The molecule has 2 aromatic rings. The Kier molecular flexibility index (Phi) is 5.68. The maximum atomic E-state index is 12.7. The number of imide groups is 1. The first kappa shape index (κ1) is 19.5. The summed E-state index contributed by atoms with van der Waals surface area (Å²) in [6.45, 7) is 6.38. The number of carbonyl (C=O) groups excluding carboxylic acids is 2. The van der Waals surface area contributed by atoms with Crippen LogP contribution in [0, 0.1) is 0 Å². The zero-order chi connectivity index (χ0) is 20.3. The molecular weight excluding hydrogens is 356 g/mol. The van der Waals surface area contributed by atoms with Crippen LogP contribution in [0.5, 0.6) is 11.5 Å². The van der Waals surface area contributed by atoms with Gasteiger partial charge in [0.05, 0.1) is 18.3 Å². The van der Waals surface area contributed by atoms with Crippen molar-refractivity contribution in [2.75, 3.05) is 19.0 Å². The topological polar surface area (TPSA) is 67.9 Å². The van der Waals surface area contributed by atoms with Gasteiger partial charge in [0.2, 0.25) is 0 Å². The molecule has 6 heteroatoms. The van der Waals surface area contributed by atoms with Gasteiger partial charge >= 0.3 is 0 Å². The van der Waals surface area contributed by atoms with Crippen LogP contribution in [0.25, 0.3) is 5.57 Å². The Morgan fingerprint density at radius 2 is 1.54 bits per heavy atom. The van der Waals surface area contributed by atoms with Crippen molar-refractivity contribution in [2.45, 2.75) is 26.9 Å². The van der Waals surface area contributed by atoms with E-state index in [0.717, 1.165) is 10.6 Å². The molecule has 0 unspecified atom stereocenters. The van der Waals surface area contributed by atoms with Gasteiger partial charge in [0, 0.05) is 12.7 Å². The number of anilines is 1. The molecule has 0 bridgehead atoms. The maximum absolute atomic E-state index is 12.7. The SMILES string of the molecule is CCOc1ccc(C2=C(Nc3ccc(OC(C)C)cc3)C(=O)N(C)C2=O)cc1. The lowest BCUT2D eigenvalue weighted by atomic mass is 10.0. The lowest BCUT2D eigenvalue weighted by Gasteiger charge is -2.12. The summed E-state index contributed by atoms with van der Waals surface area (Å²) >= 11 is 0. The standard InChI is InChI=1S/C22H24N2O4/c1-5-27-17-10-6-15(7-11-17)19-20(22(26)24(4)21(19)25)23-16-8-12-18(13-9-16)28-14(2)3/h6-14,23H,5H2,1-4H3.